The van der Waals surface area contributed by atoms with Crippen LogP contribution in [0.1, 0.15) is 45.3 Å². The van der Waals surface area contributed by atoms with E-state index in [2.05, 4.69) is 135 Å². The molecule has 6 rings (SSSR count). The molecular weight excluding hydrogens is 402 g/mol. The Hall–Kier alpha value is -1.71. The van der Waals surface area contributed by atoms with E-state index >= 15 is 0 Å². The van der Waals surface area contributed by atoms with Crippen LogP contribution in [0.2, 0.25) is 13.1 Å². The Bertz CT molecular complexity index is 1420. The Kier molecular flexibility index (Phi) is 5.05. The van der Waals surface area contributed by atoms with Gasteiger partial charge in [0.25, 0.3) is 0 Å². The van der Waals surface area contributed by atoms with E-state index in [0.29, 0.717) is 9.18 Å². The molecule has 0 N–H and O–H groups in total. The second kappa shape index (κ2) is 7.65. The fourth-order valence-corrected chi connectivity index (χ4v) is 11.3. The number of hydrogen-bond donors (Lipinski definition) is 0. The van der Waals surface area contributed by atoms with Crippen LogP contribution in [0.15, 0.2) is 83.9 Å². The maximum absolute atomic E-state index is 2.61. The van der Waals surface area contributed by atoms with Gasteiger partial charge in [-0.2, -0.15) is 0 Å². The third-order valence-corrected chi connectivity index (χ3v) is 12.5. The zero-order chi connectivity index (χ0) is 23.1. The van der Waals surface area contributed by atoms with E-state index in [1.54, 1.807) is 21.5 Å². The average Bonchev–Trinajstić information content (AvgIpc) is 3.25. The van der Waals surface area contributed by atoms with Crippen LogP contribution in [0.3, 0.4) is 0 Å². The molecule has 152 valence electrons. The molecule has 33 heavy (non-hydrogen) atoms. The summed E-state index contributed by atoms with van der Waals surface area (Å²) in [5.41, 5.74) is 9.28. The second-order valence-corrected chi connectivity index (χ2v) is 14.9. The molecule has 0 radical (unpaired) electrons. The summed E-state index contributed by atoms with van der Waals surface area (Å²) in [6.45, 7) is 10.0. The van der Waals surface area contributed by atoms with E-state index in [9.17, 15) is 0 Å². The van der Waals surface area contributed by atoms with Crippen LogP contribution in [0, 0.1) is 0 Å². The van der Waals surface area contributed by atoms with Crippen LogP contribution < -0.4 is 0 Å². The van der Waals surface area contributed by atoms with Gasteiger partial charge in [-0.15, -0.1) is 0 Å². The first kappa shape index (κ1) is 21.8. The van der Waals surface area contributed by atoms with E-state index < -0.39 is 8.07 Å². The van der Waals surface area contributed by atoms with Gasteiger partial charge in [0.15, 0.2) is 0 Å². The Morgan fingerprint density at radius 3 is 1.39 bits per heavy atom. The summed E-state index contributed by atoms with van der Waals surface area (Å²) in [5, 5.41) is 8.91. The summed E-state index contributed by atoms with van der Waals surface area (Å²) in [6, 6.07) is 27.4. The molecule has 2 atom stereocenters. The molecule has 0 bridgehead atoms. The SMILES string of the molecule is [Li][CH]1C(C)=C([Si](C)(C)C2=C(C)[CH]([Li])c3ccc4ccccc4c32)c2c1ccc1ccccc21. The van der Waals surface area contributed by atoms with Crippen molar-refractivity contribution in [1.29, 1.82) is 0 Å². The second-order valence-electron chi connectivity index (χ2n) is 10.7. The number of allylic oxidation sites excluding steroid dienone is 2. The van der Waals surface area contributed by atoms with Crippen LogP contribution in [0.25, 0.3) is 31.9 Å². The summed E-state index contributed by atoms with van der Waals surface area (Å²) in [5.74, 6) is 0. The monoisotopic (exact) mass is 428 g/mol. The van der Waals surface area contributed by atoms with Gasteiger partial charge in [-0.1, -0.05) is 0 Å². The number of fused-ring (bicyclic) bond motifs is 6. The fourth-order valence-electron chi connectivity index (χ4n) is 6.89. The predicted octanol–water partition coefficient (Wildman–Crippen LogP) is 7.47. The molecule has 3 heteroatoms. The van der Waals surface area contributed by atoms with Crippen LogP contribution >= 0.6 is 0 Å². The van der Waals surface area contributed by atoms with Crippen LogP contribution in [-0.2, 0) is 0 Å². The molecule has 2 aliphatic rings. The van der Waals surface area contributed by atoms with Gasteiger partial charge in [-0.25, -0.2) is 0 Å². The first-order valence-electron chi connectivity index (χ1n) is 12.3. The van der Waals surface area contributed by atoms with Crippen LogP contribution in [-0.4, -0.2) is 43.5 Å². The van der Waals surface area contributed by atoms with Crippen molar-refractivity contribution in [3.63, 3.8) is 0 Å². The van der Waals surface area contributed by atoms with Gasteiger partial charge >= 0.3 is 218 Å². The van der Waals surface area contributed by atoms with Crippen molar-refractivity contribution in [2.45, 2.75) is 36.1 Å². The fraction of sp³-hybridized carbons (Fsp3) is 0.200. The minimum absolute atomic E-state index is 0.484. The molecule has 0 aromatic heterocycles. The van der Waals surface area contributed by atoms with Gasteiger partial charge < -0.3 is 0 Å². The van der Waals surface area contributed by atoms with Gasteiger partial charge in [-0.3, -0.25) is 0 Å². The number of benzene rings is 4. The van der Waals surface area contributed by atoms with E-state index in [4.69, 9.17) is 0 Å². The molecule has 4 aromatic carbocycles. The van der Waals surface area contributed by atoms with Gasteiger partial charge in [0.05, 0.1) is 0 Å². The maximum atomic E-state index is 2.61. The molecule has 0 aliphatic heterocycles. The minimum atomic E-state index is -2.02. The zero-order valence-corrected chi connectivity index (χ0v) is 21.6. The molecule has 0 saturated heterocycles. The Balaban J connectivity index is 1.67. The van der Waals surface area contributed by atoms with E-state index in [-0.39, 0.29) is 0 Å². The molecule has 0 nitrogen and oxygen atoms in total. The molecule has 4 aromatic rings. The van der Waals surface area contributed by atoms with E-state index in [0.717, 1.165) is 0 Å². The van der Waals surface area contributed by atoms with Crippen molar-refractivity contribution in [3.05, 3.63) is 106 Å². The van der Waals surface area contributed by atoms with Gasteiger partial charge in [0.2, 0.25) is 0 Å². The summed E-state index contributed by atoms with van der Waals surface area (Å²) in [7, 11) is -2.02. The molecule has 0 spiro atoms. The first-order chi connectivity index (χ1) is 15.8. The Morgan fingerprint density at radius 1 is 0.576 bits per heavy atom. The van der Waals surface area contributed by atoms with Crippen molar-refractivity contribution < 1.29 is 0 Å². The van der Waals surface area contributed by atoms with Crippen LogP contribution in [0.4, 0.5) is 0 Å². The van der Waals surface area contributed by atoms with Crippen LogP contribution in [0.5, 0.6) is 0 Å². The van der Waals surface area contributed by atoms with Crippen molar-refractivity contribution in [2.75, 3.05) is 0 Å². The zero-order valence-electron chi connectivity index (χ0n) is 20.6. The quantitative estimate of drug-likeness (QED) is 0.291. The van der Waals surface area contributed by atoms with Crippen molar-refractivity contribution in [2.24, 2.45) is 0 Å². The number of rotatable bonds is 2. The molecule has 2 unspecified atom stereocenters. The topological polar surface area (TPSA) is 0 Å². The van der Waals surface area contributed by atoms with Crippen molar-refractivity contribution >= 4 is 75.4 Å². The molecular formula is C30H26Li2Si. The van der Waals surface area contributed by atoms with Gasteiger partial charge in [0.1, 0.15) is 0 Å². The predicted molar refractivity (Wildman–Crippen MR) is 148 cm³/mol. The van der Waals surface area contributed by atoms with Crippen molar-refractivity contribution in [3.8, 4) is 0 Å². The standard InChI is InChI=1S/C30H26Si.2Li/c1-19-17-23-15-13-21-9-5-7-11-25(21)27(23)29(19)31(3,4)30-20(2)18-24-16-14-22-10-6-8-12-26(22)28(24)30;;/h5-18H,1-4H3;;. The van der Waals surface area contributed by atoms with Gasteiger partial charge in [-0.05, 0) is 0 Å². The molecule has 0 heterocycles. The Morgan fingerprint density at radius 2 is 0.970 bits per heavy atom. The summed E-state index contributed by atoms with van der Waals surface area (Å²) < 4.78 is 0.969. The summed E-state index contributed by atoms with van der Waals surface area (Å²) in [4.78, 5) is 0. The van der Waals surface area contributed by atoms with Crippen molar-refractivity contribution in [1.82, 2.24) is 0 Å². The summed E-state index contributed by atoms with van der Waals surface area (Å²) >= 11 is 4.81. The Labute approximate surface area is 216 Å². The van der Waals surface area contributed by atoms with E-state index in [1.165, 1.54) is 43.8 Å². The average molecular weight is 429 g/mol. The third-order valence-electron chi connectivity index (χ3n) is 8.69. The normalized spacial score (nSPS) is 20.2. The van der Waals surface area contributed by atoms with Gasteiger partial charge in [0, 0.05) is 0 Å². The first-order valence-corrected chi connectivity index (χ1v) is 15.3. The van der Waals surface area contributed by atoms with E-state index in [1.807, 2.05) is 0 Å². The third kappa shape index (κ3) is 2.97. The summed E-state index contributed by atoms with van der Waals surface area (Å²) in [6.07, 6.45) is 0. The molecule has 2 aliphatic carbocycles. The molecule has 0 saturated carbocycles. The number of hydrogen-bond acceptors (Lipinski definition) is 0. The molecule has 0 fully saturated rings. The molecule has 0 amide bonds.